The van der Waals surface area contributed by atoms with Crippen molar-refractivity contribution in [2.45, 2.75) is 51.0 Å². The molecule has 2 amide bonds. The summed E-state index contributed by atoms with van der Waals surface area (Å²) in [6.07, 6.45) is 6.01. The first kappa shape index (κ1) is 24.9. The zero-order chi connectivity index (χ0) is 25.4. The van der Waals surface area contributed by atoms with Crippen LogP contribution in [0.25, 0.3) is 0 Å². The molecule has 1 saturated carbocycles. The van der Waals surface area contributed by atoms with Gasteiger partial charge in [-0.15, -0.1) is 0 Å². The molecule has 4 aliphatic rings. The molecule has 4 fully saturated rings. The molecule has 1 aliphatic carbocycles. The maximum Gasteiger partial charge on any atom is 0.229 e. The molecular formula is C31H38ClN3O2. The lowest BCUT2D eigenvalue weighted by Gasteiger charge is -2.39. The van der Waals surface area contributed by atoms with Gasteiger partial charge in [0.05, 0.1) is 5.41 Å². The summed E-state index contributed by atoms with van der Waals surface area (Å²) in [5.41, 5.74) is 2.30. The van der Waals surface area contributed by atoms with Gasteiger partial charge in [-0.2, -0.15) is 0 Å². The van der Waals surface area contributed by atoms with E-state index in [2.05, 4.69) is 40.1 Å². The molecule has 2 aromatic carbocycles. The van der Waals surface area contributed by atoms with Gasteiger partial charge in [-0.3, -0.25) is 9.59 Å². The summed E-state index contributed by atoms with van der Waals surface area (Å²) in [5, 5.41) is 0.729. The maximum absolute atomic E-state index is 13.5. The highest BCUT2D eigenvalue weighted by Crippen LogP contribution is 2.43. The van der Waals surface area contributed by atoms with Crippen molar-refractivity contribution in [2.75, 3.05) is 39.3 Å². The first-order valence-corrected chi connectivity index (χ1v) is 14.5. The number of halogens is 1. The summed E-state index contributed by atoms with van der Waals surface area (Å²) in [6.45, 7) is 6.16. The Morgan fingerprint density at radius 2 is 1.62 bits per heavy atom. The normalized spacial score (nSPS) is 25.8. The quantitative estimate of drug-likeness (QED) is 0.505. The molecule has 3 aliphatic heterocycles. The first-order valence-electron chi connectivity index (χ1n) is 14.1. The van der Waals surface area contributed by atoms with Gasteiger partial charge in [-0.1, -0.05) is 54.1 Å². The molecule has 2 aromatic rings. The predicted molar refractivity (Wildman–Crippen MR) is 146 cm³/mol. The minimum absolute atomic E-state index is 0.191. The molecule has 0 aromatic heterocycles. The van der Waals surface area contributed by atoms with Crippen LogP contribution >= 0.6 is 11.6 Å². The van der Waals surface area contributed by atoms with Gasteiger partial charge in [0.15, 0.2) is 0 Å². The predicted octanol–water partition coefficient (Wildman–Crippen LogP) is 5.20. The second-order valence-electron chi connectivity index (χ2n) is 11.9. The van der Waals surface area contributed by atoms with Gasteiger partial charge in [0, 0.05) is 50.1 Å². The van der Waals surface area contributed by atoms with Crippen molar-refractivity contribution in [2.24, 2.45) is 17.3 Å². The average Bonchev–Trinajstić information content (AvgIpc) is 3.56. The Kier molecular flexibility index (Phi) is 7.02. The lowest BCUT2D eigenvalue weighted by atomic mass is 9.76. The molecule has 3 saturated heterocycles. The zero-order valence-corrected chi connectivity index (χ0v) is 22.4. The number of carbonyl (C=O) groups is 2. The number of carbonyl (C=O) groups excluding carboxylic acids is 2. The molecule has 3 heterocycles. The van der Waals surface area contributed by atoms with E-state index >= 15 is 0 Å². The molecule has 1 spiro atoms. The monoisotopic (exact) mass is 519 g/mol. The van der Waals surface area contributed by atoms with E-state index < -0.39 is 0 Å². The third-order valence-corrected chi connectivity index (χ3v) is 9.63. The van der Waals surface area contributed by atoms with Crippen molar-refractivity contribution >= 4 is 23.4 Å². The highest BCUT2D eigenvalue weighted by atomic mass is 35.5. The van der Waals surface area contributed by atoms with Crippen molar-refractivity contribution < 1.29 is 9.59 Å². The lowest BCUT2D eigenvalue weighted by molar-refractivity contribution is -0.139. The average molecular weight is 520 g/mol. The number of likely N-dealkylation sites (tertiary alicyclic amines) is 3. The summed E-state index contributed by atoms with van der Waals surface area (Å²) in [6, 6.07) is 18.6. The Labute approximate surface area is 225 Å². The van der Waals surface area contributed by atoms with Crippen molar-refractivity contribution in [3.8, 4) is 0 Å². The number of nitrogens with zero attached hydrogens (tertiary/aromatic N) is 3. The Morgan fingerprint density at radius 3 is 2.32 bits per heavy atom. The van der Waals surface area contributed by atoms with Crippen LogP contribution < -0.4 is 0 Å². The van der Waals surface area contributed by atoms with Crippen LogP contribution in [0.1, 0.15) is 55.6 Å². The fourth-order valence-corrected chi connectivity index (χ4v) is 6.97. The van der Waals surface area contributed by atoms with Crippen molar-refractivity contribution in [1.29, 1.82) is 0 Å². The summed E-state index contributed by atoms with van der Waals surface area (Å²) in [4.78, 5) is 33.2. The standard InChI is InChI=1S/C31H38ClN3O2/c32-27-10-8-24(9-11-27)19-34-17-14-31(30(34)37)12-15-33(16-13-31)20-26-21-35(29(36)18-23-6-7-23)22-28(26)25-4-2-1-3-5-25/h1-5,8-11,23,26,28H,6-7,12-22H2/t26-,28+/m0/s1. The molecule has 0 N–H and O–H groups in total. The van der Waals surface area contributed by atoms with Crippen molar-refractivity contribution in [3.05, 3.63) is 70.7 Å². The highest BCUT2D eigenvalue weighted by molar-refractivity contribution is 6.30. The number of hydrogen-bond donors (Lipinski definition) is 0. The Bertz CT molecular complexity index is 1110. The van der Waals surface area contributed by atoms with E-state index in [0.29, 0.717) is 36.1 Å². The van der Waals surface area contributed by atoms with E-state index in [1.165, 1.54) is 18.4 Å². The van der Waals surface area contributed by atoms with Gasteiger partial charge in [0.25, 0.3) is 0 Å². The van der Waals surface area contributed by atoms with Crippen LogP contribution in [-0.2, 0) is 16.1 Å². The Morgan fingerprint density at radius 1 is 0.919 bits per heavy atom. The number of piperidine rings is 1. The highest BCUT2D eigenvalue weighted by Gasteiger charge is 2.48. The van der Waals surface area contributed by atoms with Crippen LogP contribution in [0.2, 0.25) is 5.02 Å². The molecule has 196 valence electrons. The molecular weight excluding hydrogens is 482 g/mol. The largest absolute Gasteiger partial charge is 0.342 e. The molecule has 6 heteroatoms. The van der Waals surface area contributed by atoms with Crippen LogP contribution in [0.4, 0.5) is 0 Å². The third-order valence-electron chi connectivity index (χ3n) is 9.38. The van der Waals surface area contributed by atoms with Gasteiger partial charge >= 0.3 is 0 Å². The van der Waals surface area contributed by atoms with Gasteiger partial charge < -0.3 is 14.7 Å². The summed E-state index contributed by atoms with van der Waals surface area (Å²) in [7, 11) is 0. The molecule has 5 nitrogen and oxygen atoms in total. The fraction of sp³-hybridized carbons (Fsp3) is 0.548. The van der Waals surface area contributed by atoms with E-state index in [0.717, 1.165) is 75.5 Å². The zero-order valence-electron chi connectivity index (χ0n) is 21.7. The van der Waals surface area contributed by atoms with Crippen LogP contribution in [-0.4, -0.2) is 65.8 Å². The summed E-state index contributed by atoms with van der Waals surface area (Å²) in [5.74, 6) is 2.15. The van der Waals surface area contributed by atoms with E-state index in [-0.39, 0.29) is 5.41 Å². The van der Waals surface area contributed by atoms with E-state index in [1.54, 1.807) is 0 Å². The van der Waals surface area contributed by atoms with E-state index in [1.807, 2.05) is 29.2 Å². The van der Waals surface area contributed by atoms with Crippen LogP contribution in [0, 0.1) is 17.3 Å². The van der Waals surface area contributed by atoms with Crippen LogP contribution in [0.5, 0.6) is 0 Å². The number of amides is 2. The van der Waals surface area contributed by atoms with E-state index in [9.17, 15) is 9.59 Å². The molecule has 2 atom stereocenters. The number of rotatable bonds is 7. The second-order valence-corrected chi connectivity index (χ2v) is 12.3. The third kappa shape index (κ3) is 5.44. The first-order chi connectivity index (χ1) is 18.0. The second kappa shape index (κ2) is 10.4. The smallest absolute Gasteiger partial charge is 0.229 e. The SMILES string of the molecule is O=C(CC1CC1)N1C[C@H](CN2CCC3(CC2)CCN(Cc2ccc(Cl)cc2)C3=O)[C@@H](c2ccccc2)C1. The van der Waals surface area contributed by atoms with Crippen molar-refractivity contribution in [3.63, 3.8) is 0 Å². The van der Waals surface area contributed by atoms with Crippen molar-refractivity contribution in [1.82, 2.24) is 14.7 Å². The fourth-order valence-electron chi connectivity index (χ4n) is 6.85. The molecule has 6 rings (SSSR count). The lowest BCUT2D eigenvalue weighted by Crippen LogP contribution is -2.46. The molecule has 0 radical (unpaired) electrons. The van der Waals surface area contributed by atoms with Gasteiger partial charge in [-0.05, 0) is 80.3 Å². The number of benzene rings is 2. The van der Waals surface area contributed by atoms with Crippen LogP contribution in [0.15, 0.2) is 54.6 Å². The Hall–Kier alpha value is -2.37. The minimum Gasteiger partial charge on any atom is -0.342 e. The van der Waals surface area contributed by atoms with Gasteiger partial charge in [0.1, 0.15) is 0 Å². The summed E-state index contributed by atoms with van der Waals surface area (Å²) >= 11 is 6.03. The van der Waals surface area contributed by atoms with Gasteiger partial charge in [-0.25, -0.2) is 0 Å². The van der Waals surface area contributed by atoms with Gasteiger partial charge in [0.2, 0.25) is 11.8 Å². The van der Waals surface area contributed by atoms with E-state index in [4.69, 9.17) is 11.6 Å². The Balaban J connectivity index is 1.07. The molecule has 0 bridgehead atoms. The van der Waals surface area contributed by atoms with Crippen LogP contribution in [0.3, 0.4) is 0 Å². The molecule has 37 heavy (non-hydrogen) atoms. The summed E-state index contributed by atoms with van der Waals surface area (Å²) < 4.78 is 0. The maximum atomic E-state index is 13.5. The number of hydrogen-bond acceptors (Lipinski definition) is 3. The minimum atomic E-state index is -0.191. The topological polar surface area (TPSA) is 43.9 Å². The molecule has 0 unspecified atom stereocenters.